The first-order valence-electron chi connectivity index (χ1n) is 10.5. The van der Waals surface area contributed by atoms with Crippen molar-refractivity contribution in [3.8, 4) is 10.4 Å². The fraction of sp³-hybridized carbons (Fsp3) is 0.417. The fourth-order valence-corrected chi connectivity index (χ4v) is 5.96. The Balaban J connectivity index is 1.72. The van der Waals surface area contributed by atoms with E-state index in [1.54, 1.807) is 17.5 Å². The number of aryl methyl sites for hydroxylation is 1. The van der Waals surface area contributed by atoms with Crippen LogP contribution in [0.3, 0.4) is 0 Å². The highest BCUT2D eigenvalue weighted by molar-refractivity contribution is 7.15. The smallest absolute Gasteiger partial charge is 0.203 e. The van der Waals surface area contributed by atoms with E-state index < -0.39 is 11.2 Å². The molecular weight excluding hydrogens is 385 g/mol. The Bertz CT molecular complexity index is 1200. The van der Waals surface area contributed by atoms with Crippen molar-refractivity contribution in [1.82, 2.24) is 4.57 Å². The maximum atomic E-state index is 15.2. The zero-order valence-electron chi connectivity index (χ0n) is 16.8. The predicted molar refractivity (Wildman–Crippen MR) is 116 cm³/mol. The Morgan fingerprint density at radius 1 is 1.24 bits per heavy atom. The molecule has 2 aliphatic rings. The molecule has 1 fully saturated rings. The summed E-state index contributed by atoms with van der Waals surface area (Å²) in [6, 6.07) is 5.90. The van der Waals surface area contributed by atoms with Crippen molar-refractivity contribution in [1.29, 1.82) is 0 Å². The maximum Gasteiger partial charge on any atom is 0.203 e. The molecule has 3 aromatic rings. The van der Waals surface area contributed by atoms with Crippen LogP contribution in [0.4, 0.5) is 4.39 Å². The number of ketones is 1. The minimum atomic E-state index is -0.529. The number of carbonyl (C=O) groups is 1. The van der Waals surface area contributed by atoms with Gasteiger partial charge in [-0.05, 0) is 80.7 Å². The number of hydrogen-bond acceptors (Lipinski definition) is 3. The van der Waals surface area contributed by atoms with Gasteiger partial charge in [-0.1, -0.05) is 6.92 Å². The van der Waals surface area contributed by atoms with Gasteiger partial charge in [0, 0.05) is 22.0 Å². The van der Waals surface area contributed by atoms with Crippen LogP contribution in [-0.2, 0) is 6.42 Å². The van der Waals surface area contributed by atoms with Crippen molar-refractivity contribution in [2.45, 2.75) is 64.3 Å². The second-order valence-corrected chi connectivity index (χ2v) is 9.54. The first-order chi connectivity index (χ1) is 14.0. The predicted octanol–water partition coefficient (Wildman–Crippen LogP) is 6.24. The number of pyridine rings is 1. The summed E-state index contributed by atoms with van der Waals surface area (Å²) in [7, 11) is 0. The van der Waals surface area contributed by atoms with E-state index in [-0.39, 0.29) is 22.8 Å². The van der Waals surface area contributed by atoms with Crippen LogP contribution in [0.2, 0.25) is 0 Å². The zero-order chi connectivity index (χ0) is 20.3. The Labute approximate surface area is 173 Å². The Morgan fingerprint density at radius 2 is 2.03 bits per heavy atom. The van der Waals surface area contributed by atoms with Gasteiger partial charge in [-0.2, -0.15) is 0 Å². The van der Waals surface area contributed by atoms with Gasteiger partial charge in [0.1, 0.15) is 5.82 Å². The van der Waals surface area contributed by atoms with Crippen LogP contribution in [0.1, 0.15) is 78.7 Å². The van der Waals surface area contributed by atoms with Crippen LogP contribution in [0.5, 0.6) is 0 Å². The number of rotatable bonds is 4. The quantitative estimate of drug-likeness (QED) is 0.479. The third-order valence-corrected chi connectivity index (χ3v) is 7.68. The summed E-state index contributed by atoms with van der Waals surface area (Å²) in [5.41, 5.74) is 2.44. The SMILES string of the molecule is CCC1CCCc2sc(-c3cc(F)c4c(=O)c(C(C)=O)cn(C5CC5)c4c3)cc21. The molecule has 0 aliphatic heterocycles. The molecule has 1 saturated carbocycles. The van der Waals surface area contributed by atoms with Crippen molar-refractivity contribution >= 4 is 28.0 Å². The molecule has 2 heterocycles. The van der Waals surface area contributed by atoms with E-state index in [1.165, 1.54) is 36.3 Å². The highest BCUT2D eigenvalue weighted by atomic mass is 32.1. The van der Waals surface area contributed by atoms with Crippen LogP contribution >= 0.6 is 11.3 Å². The number of fused-ring (bicyclic) bond motifs is 2. The lowest BCUT2D eigenvalue weighted by molar-refractivity contribution is 0.101. The van der Waals surface area contributed by atoms with Gasteiger partial charge in [-0.3, -0.25) is 9.59 Å². The number of hydrogen-bond donors (Lipinski definition) is 0. The summed E-state index contributed by atoms with van der Waals surface area (Å²) < 4.78 is 17.2. The van der Waals surface area contributed by atoms with Gasteiger partial charge in [0.2, 0.25) is 5.43 Å². The van der Waals surface area contributed by atoms with E-state index in [4.69, 9.17) is 0 Å². The van der Waals surface area contributed by atoms with Gasteiger partial charge < -0.3 is 4.57 Å². The van der Waals surface area contributed by atoms with E-state index >= 15 is 4.39 Å². The normalized spacial score (nSPS) is 18.8. The third kappa shape index (κ3) is 3.07. The first-order valence-corrected chi connectivity index (χ1v) is 11.3. The van der Waals surface area contributed by atoms with Crippen LogP contribution in [0, 0.1) is 5.82 Å². The van der Waals surface area contributed by atoms with E-state index in [0.717, 1.165) is 36.1 Å². The lowest BCUT2D eigenvalue weighted by Crippen LogP contribution is -2.18. The minimum Gasteiger partial charge on any atom is -0.343 e. The number of benzene rings is 1. The summed E-state index contributed by atoms with van der Waals surface area (Å²) >= 11 is 1.76. The van der Waals surface area contributed by atoms with E-state index in [1.807, 2.05) is 10.6 Å². The van der Waals surface area contributed by atoms with Crippen molar-refractivity contribution in [3.05, 3.63) is 56.4 Å². The largest absolute Gasteiger partial charge is 0.343 e. The molecule has 29 heavy (non-hydrogen) atoms. The van der Waals surface area contributed by atoms with Gasteiger partial charge in [0.25, 0.3) is 0 Å². The molecule has 0 amide bonds. The van der Waals surface area contributed by atoms with E-state index in [2.05, 4.69) is 13.0 Å². The molecule has 150 valence electrons. The molecule has 0 saturated heterocycles. The summed E-state index contributed by atoms with van der Waals surface area (Å²) in [6.07, 6.45) is 8.29. The van der Waals surface area contributed by atoms with Crippen LogP contribution in [0.25, 0.3) is 21.3 Å². The van der Waals surface area contributed by atoms with Crippen LogP contribution < -0.4 is 5.43 Å². The third-order valence-electron chi connectivity index (χ3n) is 6.42. The molecule has 0 radical (unpaired) electrons. The van der Waals surface area contributed by atoms with E-state index in [0.29, 0.717) is 11.4 Å². The highest BCUT2D eigenvalue weighted by Gasteiger charge is 2.28. The van der Waals surface area contributed by atoms with Crippen LogP contribution in [0.15, 0.2) is 29.2 Å². The molecule has 2 aliphatic carbocycles. The molecule has 5 rings (SSSR count). The Hall–Kier alpha value is -2.27. The van der Waals surface area contributed by atoms with Gasteiger partial charge in [-0.15, -0.1) is 11.3 Å². The number of thiophene rings is 1. The van der Waals surface area contributed by atoms with Crippen LogP contribution in [-0.4, -0.2) is 10.4 Å². The van der Waals surface area contributed by atoms with Gasteiger partial charge in [0.05, 0.1) is 16.5 Å². The number of halogens is 1. The van der Waals surface area contributed by atoms with Crippen molar-refractivity contribution in [2.75, 3.05) is 0 Å². The fourth-order valence-electron chi connectivity index (χ4n) is 4.68. The lowest BCUT2D eigenvalue weighted by atomic mass is 9.85. The average Bonchev–Trinajstić information content (AvgIpc) is 3.44. The second-order valence-electron chi connectivity index (χ2n) is 8.41. The maximum absolute atomic E-state index is 15.2. The summed E-state index contributed by atoms with van der Waals surface area (Å²) in [4.78, 5) is 27.2. The average molecular weight is 410 g/mol. The second kappa shape index (κ2) is 6.91. The van der Waals surface area contributed by atoms with Crippen molar-refractivity contribution in [2.24, 2.45) is 0 Å². The molecule has 0 N–H and O–H groups in total. The number of aromatic nitrogens is 1. The number of carbonyl (C=O) groups excluding carboxylic acids is 1. The topological polar surface area (TPSA) is 39.1 Å². The van der Waals surface area contributed by atoms with Gasteiger partial charge in [0.15, 0.2) is 5.78 Å². The van der Waals surface area contributed by atoms with Crippen molar-refractivity contribution < 1.29 is 9.18 Å². The molecule has 0 bridgehead atoms. The Kier molecular flexibility index (Phi) is 4.46. The zero-order valence-corrected chi connectivity index (χ0v) is 17.6. The lowest BCUT2D eigenvalue weighted by Gasteiger charge is -2.20. The molecule has 3 nitrogen and oxygen atoms in total. The molecule has 5 heteroatoms. The molecule has 0 spiro atoms. The molecular formula is C24H24FNO2S. The Morgan fingerprint density at radius 3 is 2.72 bits per heavy atom. The molecule has 1 unspecified atom stereocenters. The first kappa shape index (κ1) is 18.7. The monoisotopic (exact) mass is 409 g/mol. The summed E-state index contributed by atoms with van der Waals surface area (Å²) in [6.45, 7) is 3.60. The number of Topliss-reactive ketones (excluding diaryl/α,β-unsaturated/α-hetero) is 1. The van der Waals surface area contributed by atoms with Gasteiger partial charge >= 0.3 is 0 Å². The molecule has 2 aromatic heterocycles. The van der Waals surface area contributed by atoms with E-state index in [9.17, 15) is 9.59 Å². The summed E-state index contributed by atoms with van der Waals surface area (Å²) in [5, 5.41) is 0.0427. The molecule has 1 aromatic carbocycles. The van der Waals surface area contributed by atoms with Crippen molar-refractivity contribution in [3.63, 3.8) is 0 Å². The molecule has 1 atom stereocenters. The minimum absolute atomic E-state index is 0.0427. The van der Waals surface area contributed by atoms with Gasteiger partial charge in [-0.25, -0.2) is 4.39 Å². The number of nitrogens with zero attached hydrogens (tertiary/aromatic N) is 1. The summed E-state index contributed by atoms with van der Waals surface area (Å²) in [5.74, 6) is -0.249. The highest BCUT2D eigenvalue weighted by Crippen LogP contribution is 2.43. The standard InChI is InChI=1S/C24H24FNO2S/c1-3-14-5-4-6-21-17(14)11-22(29-21)15-9-19(25)23-20(10-15)26(16-7-8-16)12-18(13(2)27)24(23)28/h9-12,14,16H,3-8H2,1-2H3.